The van der Waals surface area contributed by atoms with Gasteiger partial charge in [-0.25, -0.2) is 14.2 Å². The van der Waals surface area contributed by atoms with E-state index in [1.807, 2.05) is 0 Å². The van der Waals surface area contributed by atoms with Gasteiger partial charge in [-0.1, -0.05) is 0 Å². The van der Waals surface area contributed by atoms with Gasteiger partial charge in [-0.15, -0.1) is 11.3 Å². The van der Waals surface area contributed by atoms with Gasteiger partial charge in [-0.3, -0.25) is 4.79 Å². The third-order valence-electron chi connectivity index (χ3n) is 3.18. The van der Waals surface area contributed by atoms with Crippen LogP contribution in [0.1, 0.15) is 16.2 Å². The van der Waals surface area contributed by atoms with E-state index in [9.17, 15) is 14.0 Å². The number of furan rings is 1. The molecular weight excluding hydrogens is 347 g/mol. The first-order valence-electron chi connectivity index (χ1n) is 7.29. The monoisotopic (exact) mass is 360 g/mol. The van der Waals surface area contributed by atoms with Crippen molar-refractivity contribution in [2.75, 3.05) is 6.61 Å². The van der Waals surface area contributed by atoms with Gasteiger partial charge in [0.1, 0.15) is 16.6 Å². The van der Waals surface area contributed by atoms with E-state index in [0.717, 1.165) is 0 Å². The molecule has 0 radical (unpaired) electrons. The zero-order chi connectivity index (χ0) is 17.6. The first-order valence-corrected chi connectivity index (χ1v) is 8.17. The summed E-state index contributed by atoms with van der Waals surface area (Å²) in [4.78, 5) is 27.7. The zero-order valence-electron chi connectivity index (χ0n) is 12.9. The molecule has 0 fully saturated rings. The lowest BCUT2D eigenvalue weighted by atomic mass is 10.2. The number of hydrogen-bond donors (Lipinski definition) is 1. The maximum Gasteiger partial charge on any atom is 0.358 e. The van der Waals surface area contributed by atoms with Gasteiger partial charge in [0.25, 0.3) is 5.91 Å². The topological polar surface area (TPSA) is 81.4 Å². The summed E-state index contributed by atoms with van der Waals surface area (Å²) in [7, 11) is 0. The van der Waals surface area contributed by atoms with Gasteiger partial charge < -0.3 is 14.5 Å². The molecule has 6 nitrogen and oxygen atoms in total. The number of nitrogens with one attached hydrogen (secondary N) is 1. The summed E-state index contributed by atoms with van der Waals surface area (Å²) in [6.45, 7) is -0.197. The van der Waals surface area contributed by atoms with Crippen molar-refractivity contribution in [3.63, 3.8) is 0 Å². The number of thiazole rings is 1. The molecule has 0 aliphatic heterocycles. The normalized spacial score (nSPS) is 10.4. The van der Waals surface area contributed by atoms with Crippen molar-refractivity contribution in [2.45, 2.75) is 6.54 Å². The van der Waals surface area contributed by atoms with Crippen molar-refractivity contribution in [1.82, 2.24) is 10.3 Å². The number of halogens is 1. The number of carbonyl (C=O) groups is 2. The summed E-state index contributed by atoms with van der Waals surface area (Å²) in [5.74, 6) is -0.889. The molecule has 0 aliphatic rings. The van der Waals surface area contributed by atoms with Crippen LogP contribution in [0.3, 0.4) is 0 Å². The summed E-state index contributed by atoms with van der Waals surface area (Å²) >= 11 is 1.23. The van der Waals surface area contributed by atoms with E-state index in [4.69, 9.17) is 9.15 Å². The number of nitrogens with zero attached hydrogens (tertiary/aromatic N) is 1. The summed E-state index contributed by atoms with van der Waals surface area (Å²) < 4.78 is 22.9. The summed E-state index contributed by atoms with van der Waals surface area (Å²) in [6.07, 6.45) is 1.50. The summed E-state index contributed by atoms with van der Waals surface area (Å²) in [5.41, 5.74) is 0.796. The molecule has 128 valence electrons. The molecule has 2 aromatic heterocycles. The average Bonchev–Trinajstić information content (AvgIpc) is 3.30. The number of esters is 1. The molecule has 1 aromatic carbocycles. The maximum absolute atomic E-state index is 12.9. The molecular formula is C17H13FN2O4S. The highest BCUT2D eigenvalue weighted by molar-refractivity contribution is 7.13. The largest absolute Gasteiger partial charge is 0.467 e. The third-order valence-corrected chi connectivity index (χ3v) is 4.07. The summed E-state index contributed by atoms with van der Waals surface area (Å²) in [5, 5.41) is 4.66. The second-order valence-corrected chi connectivity index (χ2v) is 5.84. The molecule has 8 heteroatoms. The Morgan fingerprint density at radius 3 is 2.76 bits per heavy atom. The number of amides is 1. The van der Waals surface area contributed by atoms with Crippen molar-refractivity contribution in [1.29, 1.82) is 0 Å². The van der Waals surface area contributed by atoms with Crippen molar-refractivity contribution in [2.24, 2.45) is 0 Å². The highest BCUT2D eigenvalue weighted by Gasteiger charge is 2.15. The SMILES string of the molecule is O=C(COC(=O)c1csc(-c2ccc(F)cc2)n1)NCc1ccco1. The Bertz CT molecular complexity index is 859. The van der Waals surface area contributed by atoms with E-state index < -0.39 is 18.5 Å². The van der Waals surface area contributed by atoms with Crippen LogP contribution in [-0.2, 0) is 16.1 Å². The number of benzene rings is 1. The first-order chi connectivity index (χ1) is 12.1. The van der Waals surface area contributed by atoms with Crippen molar-refractivity contribution in [3.8, 4) is 10.6 Å². The Hall–Kier alpha value is -3.00. The molecule has 3 aromatic rings. The standard InChI is InChI=1S/C17H13FN2O4S/c18-12-5-3-11(4-6-12)16-20-14(10-25-16)17(22)24-9-15(21)19-8-13-2-1-7-23-13/h1-7,10H,8-9H2,(H,19,21). The van der Waals surface area contributed by atoms with Gasteiger partial charge in [-0.2, -0.15) is 0 Å². The van der Waals surface area contributed by atoms with Gasteiger partial charge >= 0.3 is 5.97 Å². The van der Waals surface area contributed by atoms with Gasteiger partial charge in [0.05, 0.1) is 12.8 Å². The number of ether oxygens (including phenoxy) is 1. The second-order valence-electron chi connectivity index (χ2n) is 4.98. The lowest BCUT2D eigenvalue weighted by Crippen LogP contribution is -2.28. The van der Waals surface area contributed by atoms with Crippen LogP contribution in [0.15, 0.2) is 52.5 Å². The third kappa shape index (κ3) is 4.51. The number of carbonyl (C=O) groups excluding carboxylic acids is 2. The smallest absolute Gasteiger partial charge is 0.358 e. The van der Waals surface area contributed by atoms with E-state index in [1.165, 1.54) is 35.1 Å². The fourth-order valence-electron chi connectivity index (χ4n) is 1.95. The molecule has 0 aliphatic carbocycles. The van der Waals surface area contributed by atoms with E-state index in [0.29, 0.717) is 16.3 Å². The lowest BCUT2D eigenvalue weighted by molar-refractivity contribution is -0.124. The van der Waals surface area contributed by atoms with E-state index in [1.54, 1.807) is 24.3 Å². The molecule has 1 amide bonds. The molecule has 0 bridgehead atoms. The molecule has 0 saturated carbocycles. The predicted molar refractivity (Wildman–Crippen MR) is 88.3 cm³/mol. The molecule has 25 heavy (non-hydrogen) atoms. The fourth-order valence-corrected chi connectivity index (χ4v) is 2.74. The molecule has 0 spiro atoms. The van der Waals surface area contributed by atoms with Gasteiger partial charge in [-0.05, 0) is 36.4 Å². The Kier molecular flexibility index (Phi) is 5.20. The molecule has 0 unspecified atom stereocenters. The van der Waals surface area contributed by atoms with Crippen molar-refractivity contribution >= 4 is 23.2 Å². The molecule has 3 rings (SSSR count). The summed E-state index contributed by atoms with van der Waals surface area (Å²) in [6, 6.07) is 9.22. The van der Waals surface area contributed by atoms with Crippen LogP contribution in [0.5, 0.6) is 0 Å². The fraction of sp³-hybridized carbons (Fsp3) is 0.118. The highest BCUT2D eigenvalue weighted by Crippen LogP contribution is 2.24. The van der Waals surface area contributed by atoms with Crippen LogP contribution in [0, 0.1) is 5.82 Å². The van der Waals surface area contributed by atoms with Crippen LogP contribution in [0.2, 0.25) is 0 Å². The average molecular weight is 360 g/mol. The second kappa shape index (κ2) is 7.71. The first kappa shape index (κ1) is 16.8. The van der Waals surface area contributed by atoms with Crippen LogP contribution in [0.4, 0.5) is 4.39 Å². The van der Waals surface area contributed by atoms with E-state index in [2.05, 4.69) is 10.3 Å². The maximum atomic E-state index is 12.9. The molecule has 0 saturated heterocycles. The Morgan fingerprint density at radius 2 is 2.04 bits per heavy atom. The molecule has 0 atom stereocenters. The minimum atomic E-state index is -0.697. The zero-order valence-corrected chi connectivity index (χ0v) is 13.7. The van der Waals surface area contributed by atoms with Gasteiger partial charge in [0, 0.05) is 10.9 Å². The van der Waals surface area contributed by atoms with E-state index in [-0.39, 0.29) is 18.1 Å². The number of hydrogen-bond acceptors (Lipinski definition) is 6. The van der Waals surface area contributed by atoms with Crippen molar-refractivity contribution in [3.05, 3.63) is 65.3 Å². The van der Waals surface area contributed by atoms with E-state index >= 15 is 0 Å². The molecule has 1 N–H and O–H groups in total. The number of rotatable bonds is 6. The Balaban J connectivity index is 1.51. The van der Waals surface area contributed by atoms with Crippen LogP contribution in [-0.4, -0.2) is 23.5 Å². The lowest BCUT2D eigenvalue weighted by Gasteiger charge is -2.04. The Labute approximate surface area is 146 Å². The van der Waals surface area contributed by atoms with Gasteiger partial charge in [0.15, 0.2) is 12.3 Å². The quantitative estimate of drug-likeness (QED) is 0.684. The van der Waals surface area contributed by atoms with Gasteiger partial charge in [0.2, 0.25) is 0 Å². The molecule has 2 heterocycles. The van der Waals surface area contributed by atoms with Crippen LogP contribution in [0.25, 0.3) is 10.6 Å². The Morgan fingerprint density at radius 1 is 1.24 bits per heavy atom. The van der Waals surface area contributed by atoms with Crippen molar-refractivity contribution < 1.29 is 23.1 Å². The predicted octanol–water partition coefficient (Wildman–Crippen LogP) is 3.02. The minimum Gasteiger partial charge on any atom is -0.467 e. The highest BCUT2D eigenvalue weighted by atomic mass is 32.1. The van der Waals surface area contributed by atoms with Crippen LogP contribution >= 0.6 is 11.3 Å². The minimum absolute atomic E-state index is 0.100. The van der Waals surface area contributed by atoms with Crippen LogP contribution < -0.4 is 5.32 Å². The number of aromatic nitrogens is 1.